The molecule has 0 saturated carbocycles. The fourth-order valence-electron chi connectivity index (χ4n) is 2.11. The Morgan fingerprint density at radius 1 is 1.04 bits per heavy atom. The number of hydrogen-bond donors (Lipinski definition) is 3. The number of fused-ring (bicyclic) bond motifs is 1. The number of ether oxygens (including phenoxy) is 1. The number of nitrogens with two attached hydrogens (primary N) is 1. The highest BCUT2D eigenvalue weighted by Crippen LogP contribution is 2.24. The zero-order valence-corrected chi connectivity index (χ0v) is 13.0. The maximum atomic E-state index is 10.3. The van der Waals surface area contributed by atoms with Crippen molar-refractivity contribution >= 4 is 22.9 Å². The number of carbonyl (C=O) groups excluding carboxylic acids is 1. The van der Waals surface area contributed by atoms with Crippen molar-refractivity contribution < 1.29 is 14.6 Å². The lowest BCUT2D eigenvalue weighted by atomic mass is 10.0. The summed E-state index contributed by atoms with van der Waals surface area (Å²) < 4.78 is 4.99. The van der Waals surface area contributed by atoms with E-state index in [9.17, 15) is 9.90 Å². The minimum absolute atomic E-state index is 0.0655. The lowest BCUT2D eigenvalue weighted by Crippen LogP contribution is -2.19. The SMILES string of the molecule is N=Cc1c(O)ccc2ccccc12.NC(=O)COc1ccccc1. The highest BCUT2D eigenvalue weighted by molar-refractivity contribution is 6.01. The Morgan fingerprint density at radius 2 is 1.71 bits per heavy atom. The van der Waals surface area contributed by atoms with Crippen molar-refractivity contribution in [2.75, 3.05) is 6.61 Å². The normalized spacial score (nSPS) is 9.67. The summed E-state index contributed by atoms with van der Waals surface area (Å²) in [5, 5.41) is 18.6. The average Bonchev–Trinajstić information content (AvgIpc) is 2.61. The molecule has 0 radical (unpaired) electrons. The minimum Gasteiger partial charge on any atom is -0.507 e. The number of amides is 1. The van der Waals surface area contributed by atoms with Gasteiger partial charge in [-0.2, -0.15) is 0 Å². The highest BCUT2D eigenvalue weighted by Gasteiger charge is 2.02. The molecule has 0 heterocycles. The molecule has 3 aromatic rings. The fourth-order valence-corrected chi connectivity index (χ4v) is 2.11. The van der Waals surface area contributed by atoms with E-state index in [-0.39, 0.29) is 12.4 Å². The second kappa shape index (κ2) is 8.33. The molecule has 122 valence electrons. The second-order valence-corrected chi connectivity index (χ2v) is 4.93. The first kappa shape index (κ1) is 17.0. The van der Waals surface area contributed by atoms with E-state index in [2.05, 4.69) is 0 Å². The Hall–Kier alpha value is -3.34. The van der Waals surface area contributed by atoms with Crippen LogP contribution in [-0.2, 0) is 4.79 Å². The van der Waals surface area contributed by atoms with Crippen LogP contribution in [0.4, 0.5) is 0 Å². The first-order valence-corrected chi connectivity index (χ1v) is 7.29. The molecule has 0 aliphatic rings. The van der Waals surface area contributed by atoms with Crippen molar-refractivity contribution in [2.45, 2.75) is 0 Å². The summed E-state index contributed by atoms with van der Waals surface area (Å²) in [6.07, 6.45) is 1.18. The molecular weight excluding hydrogens is 304 g/mol. The molecule has 0 saturated heterocycles. The molecule has 0 spiro atoms. The van der Waals surface area contributed by atoms with Crippen molar-refractivity contribution in [3.63, 3.8) is 0 Å². The largest absolute Gasteiger partial charge is 0.507 e. The maximum Gasteiger partial charge on any atom is 0.255 e. The molecule has 0 fully saturated rings. The molecule has 0 atom stereocenters. The van der Waals surface area contributed by atoms with Gasteiger partial charge < -0.3 is 21.0 Å². The van der Waals surface area contributed by atoms with Crippen molar-refractivity contribution in [3.8, 4) is 11.5 Å². The van der Waals surface area contributed by atoms with Crippen LogP contribution in [0.2, 0.25) is 0 Å². The zero-order chi connectivity index (χ0) is 17.4. The third-order valence-corrected chi connectivity index (χ3v) is 3.22. The van der Waals surface area contributed by atoms with E-state index in [0.29, 0.717) is 11.3 Å². The summed E-state index contributed by atoms with van der Waals surface area (Å²) in [4.78, 5) is 10.3. The topological polar surface area (TPSA) is 96.4 Å². The molecule has 4 N–H and O–H groups in total. The summed E-state index contributed by atoms with van der Waals surface area (Å²) in [6.45, 7) is -0.0655. The number of benzene rings is 3. The summed E-state index contributed by atoms with van der Waals surface area (Å²) in [5.41, 5.74) is 5.46. The number of para-hydroxylation sites is 1. The van der Waals surface area contributed by atoms with Gasteiger partial charge in [0.15, 0.2) is 6.61 Å². The summed E-state index contributed by atoms with van der Waals surface area (Å²) in [7, 11) is 0. The predicted octanol–water partition coefficient (Wildman–Crippen LogP) is 3.09. The summed E-state index contributed by atoms with van der Waals surface area (Å²) in [6, 6.07) is 20.2. The lowest BCUT2D eigenvalue weighted by molar-refractivity contribution is -0.119. The van der Waals surface area contributed by atoms with Crippen LogP contribution in [0.3, 0.4) is 0 Å². The van der Waals surface area contributed by atoms with E-state index in [1.54, 1.807) is 18.2 Å². The number of primary amides is 1. The number of aromatic hydroxyl groups is 1. The zero-order valence-electron chi connectivity index (χ0n) is 13.0. The number of nitrogens with one attached hydrogen (secondary N) is 1. The monoisotopic (exact) mass is 322 g/mol. The van der Waals surface area contributed by atoms with Crippen molar-refractivity contribution in [1.82, 2.24) is 0 Å². The van der Waals surface area contributed by atoms with Gasteiger partial charge >= 0.3 is 0 Å². The van der Waals surface area contributed by atoms with E-state index < -0.39 is 5.91 Å². The Kier molecular flexibility index (Phi) is 5.91. The van der Waals surface area contributed by atoms with E-state index in [4.69, 9.17) is 15.9 Å². The third kappa shape index (κ3) is 4.58. The first-order chi connectivity index (χ1) is 11.6. The standard InChI is InChI=1S/C11H9NO.C8H9NO2/c12-7-10-9-4-2-1-3-8(9)5-6-11(10)13;9-8(10)6-11-7-4-2-1-3-5-7/h1-7,12-13H;1-5H,6H2,(H2,9,10). The average molecular weight is 322 g/mol. The molecule has 0 aliphatic carbocycles. The Bertz CT molecular complexity index is 832. The number of carbonyl (C=O) groups is 1. The van der Waals surface area contributed by atoms with Crippen LogP contribution < -0.4 is 10.5 Å². The quantitative estimate of drug-likeness (QED) is 0.644. The van der Waals surface area contributed by atoms with Crippen molar-refractivity contribution in [3.05, 3.63) is 72.3 Å². The molecule has 0 aliphatic heterocycles. The molecular formula is C19H18N2O3. The second-order valence-electron chi connectivity index (χ2n) is 4.93. The Labute approximate surface area is 139 Å². The molecule has 24 heavy (non-hydrogen) atoms. The lowest BCUT2D eigenvalue weighted by Gasteiger charge is -2.03. The number of phenols is 1. The van der Waals surface area contributed by atoms with E-state index in [1.807, 2.05) is 48.5 Å². The van der Waals surface area contributed by atoms with Crippen LogP contribution >= 0.6 is 0 Å². The van der Waals surface area contributed by atoms with Crippen LogP contribution in [0.25, 0.3) is 10.8 Å². The number of hydrogen-bond acceptors (Lipinski definition) is 4. The van der Waals surface area contributed by atoms with Gasteiger partial charge in [-0.25, -0.2) is 0 Å². The number of phenolic OH excluding ortho intramolecular Hbond substituents is 1. The smallest absolute Gasteiger partial charge is 0.255 e. The highest BCUT2D eigenvalue weighted by atomic mass is 16.5. The van der Waals surface area contributed by atoms with E-state index >= 15 is 0 Å². The Balaban J connectivity index is 0.000000177. The van der Waals surface area contributed by atoms with Crippen LogP contribution in [-0.4, -0.2) is 23.8 Å². The van der Waals surface area contributed by atoms with Gasteiger partial charge in [0.25, 0.3) is 5.91 Å². The summed E-state index contributed by atoms with van der Waals surface area (Å²) >= 11 is 0. The predicted molar refractivity (Wildman–Crippen MR) is 94.6 cm³/mol. The van der Waals surface area contributed by atoms with Gasteiger partial charge in [0, 0.05) is 11.8 Å². The van der Waals surface area contributed by atoms with Gasteiger partial charge in [-0.15, -0.1) is 0 Å². The fraction of sp³-hybridized carbons (Fsp3) is 0.0526. The molecule has 0 unspecified atom stereocenters. The molecule has 3 aromatic carbocycles. The van der Waals surface area contributed by atoms with Crippen LogP contribution in [0, 0.1) is 5.41 Å². The van der Waals surface area contributed by atoms with E-state index in [0.717, 1.165) is 10.8 Å². The maximum absolute atomic E-state index is 10.3. The summed E-state index contributed by atoms with van der Waals surface area (Å²) in [5.74, 6) is 0.355. The molecule has 0 bridgehead atoms. The molecule has 3 rings (SSSR count). The van der Waals surface area contributed by atoms with E-state index in [1.165, 1.54) is 6.21 Å². The van der Waals surface area contributed by atoms with Gasteiger partial charge in [0.1, 0.15) is 11.5 Å². The minimum atomic E-state index is -0.464. The van der Waals surface area contributed by atoms with Crippen LogP contribution in [0.1, 0.15) is 5.56 Å². The van der Waals surface area contributed by atoms with Crippen LogP contribution in [0.5, 0.6) is 11.5 Å². The first-order valence-electron chi connectivity index (χ1n) is 7.29. The van der Waals surface area contributed by atoms with Crippen molar-refractivity contribution in [2.24, 2.45) is 5.73 Å². The van der Waals surface area contributed by atoms with Crippen molar-refractivity contribution in [1.29, 1.82) is 5.41 Å². The molecule has 5 heteroatoms. The van der Waals surface area contributed by atoms with Gasteiger partial charge in [0.2, 0.25) is 0 Å². The third-order valence-electron chi connectivity index (χ3n) is 3.22. The van der Waals surface area contributed by atoms with Gasteiger partial charge in [-0.1, -0.05) is 48.5 Å². The molecule has 5 nitrogen and oxygen atoms in total. The van der Waals surface area contributed by atoms with Gasteiger partial charge in [0.05, 0.1) is 0 Å². The number of rotatable bonds is 4. The van der Waals surface area contributed by atoms with Crippen LogP contribution in [0.15, 0.2) is 66.7 Å². The Morgan fingerprint density at radius 3 is 2.38 bits per heavy atom. The van der Waals surface area contributed by atoms with Gasteiger partial charge in [-0.05, 0) is 29.0 Å². The molecule has 1 amide bonds. The van der Waals surface area contributed by atoms with Gasteiger partial charge in [-0.3, -0.25) is 4.79 Å². The molecule has 0 aromatic heterocycles.